The molecule has 90 valence electrons. The van der Waals surface area contributed by atoms with Crippen molar-refractivity contribution in [2.75, 3.05) is 6.61 Å². The predicted octanol–water partition coefficient (Wildman–Crippen LogP) is 0.876. The molecule has 0 bridgehead atoms. The van der Waals surface area contributed by atoms with E-state index < -0.39 is 0 Å². The van der Waals surface area contributed by atoms with Gasteiger partial charge >= 0.3 is 0 Å². The highest BCUT2D eigenvalue weighted by Crippen LogP contribution is 2.26. The second kappa shape index (κ2) is 5.01. The SMILES string of the molecule is CCOc1ccccc1[C@@H]1N=C(N)NC(=S)N1. The molecule has 0 saturated heterocycles. The molecule has 1 aliphatic heterocycles. The van der Waals surface area contributed by atoms with Crippen molar-refractivity contribution in [3.8, 4) is 5.75 Å². The Bertz CT molecular complexity index is 461. The quantitative estimate of drug-likeness (QED) is 0.695. The van der Waals surface area contributed by atoms with Crippen LogP contribution in [0.1, 0.15) is 18.7 Å². The topological polar surface area (TPSA) is 71.7 Å². The summed E-state index contributed by atoms with van der Waals surface area (Å²) in [6, 6.07) is 7.68. The average molecular weight is 250 g/mol. The van der Waals surface area contributed by atoms with Crippen molar-refractivity contribution in [2.24, 2.45) is 10.7 Å². The third-order valence-corrected chi connectivity index (χ3v) is 2.51. The summed E-state index contributed by atoms with van der Waals surface area (Å²) >= 11 is 5.04. The molecule has 2 rings (SSSR count). The summed E-state index contributed by atoms with van der Waals surface area (Å²) in [7, 11) is 0. The molecule has 4 N–H and O–H groups in total. The maximum Gasteiger partial charge on any atom is 0.197 e. The van der Waals surface area contributed by atoms with E-state index in [0.717, 1.165) is 11.3 Å². The molecule has 17 heavy (non-hydrogen) atoms. The van der Waals surface area contributed by atoms with Crippen LogP contribution in [0, 0.1) is 0 Å². The first-order valence-corrected chi connectivity index (χ1v) is 5.74. The highest BCUT2D eigenvalue weighted by molar-refractivity contribution is 7.80. The van der Waals surface area contributed by atoms with Gasteiger partial charge in [0, 0.05) is 5.56 Å². The van der Waals surface area contributed by atoms with Crippen molar-refractivity contribution < 1.29 is 4.74 Å². The number of nitrogens with zero attached hydrogens (tertiary/aromatic N) is 1. The third-order valence-electron chi connectivity index (χ3n) is 2.29. The first kappa shape index (κ1) is 11.7. The molecule has 0 fully saturated rings. The van der Waals surface area contributed by atoms with E-state index in [0.29, 0.717) is 17.7 Å². The van der Waals surface area contributed by atoms with Crippen molar-refractivity contribution in [1.29, 1.82) is 0 Å². The van der Waals surface area contributed by atoms with Gasteiger partial charge in [0.25, 0.3) is 0 Å². The summed E-state index contributed by atoms with van der Waals surface area (Å²) in [5.41, 5.74) is 6.57. The van der Waals surface area contributed by atoms with Crippen LogP contribution in [0.3, 0.4) is 0 Å². The summed E-state index contributed by atoms with van der Waals surface area (Å²) in [5, 5.41) is 6.24. The second-order valence-electron chi connectivity index (χ2n) is 3.49. The number of hydrogen-bond donors (Lipinski definition) is 3. The Hall–Kier alpha value is -1.82. The normalized spacial score (nSPS) is 19.0. The van der Waals surface area contributed by atoms with Crippen LogP contribution < -0.4 is 21.1 Å². The molecule has 0 saturated carbocycles. The van der Waals surface area contributed by atoms with Crippen LogP contribution >= 0.6 is 12.2 Å². The van der Waals surface area contributed by atoms with Crippen LogP contribution in [0.2, 0.25) is 0 Å². The highest BCUT2D eigenvalue weighted by Gasteiger charge is 2.20. The largest absolute Gasteiger partial charge is 0.493 e. The molecule has 6 heteroatoms. The number of aliphatic imine (C=N–C) groups is 1. The van der Waals surface area contributed by atoms with Gasteiger partial charge in [0.2, 0.25) is 0 Å². The van der Waals surface area contributed by atoms with Gasteiger partial charge in [0.15, 0.2) is 17.2 Å². The maximum atomic E-state index is 5.65. The summed E-state index contributed by atoms with van der Waals surface area (Å²) in [6.45, 7) is 2.54. The lowest BCUT2D eigenvalue weighted by Crippen LogP contribution is -2.49. The van der Waals surface area contributed by atoms with E-state index >= 15 is 0 Å². The fourth-order valence-corrected chi connectivity index (χ4v) is 1.84. The molecule has 1 atom stereocenters. The van der Waals surface area contributed by atoms with Crippen LogP contribution in [0.15, 0.2) is 29.3 Å². The van der Waals surface area contributed by atoms with Gasteiger partial charge in [-0.15, -0.1) is 0 Å². The molecule has 0 spiro atoms. The Kier molecular flexibility index (Phi) is 3.43. The van der Waals surface area contributed by atoms with E-state index in [1.807, 2.05) is 31.2 Å². The van der Waals surface area contributed by atoms with Gasteiger partial charge in [0.05, 0.1) is 6.61 Å². The predicted molar refractivity (Wildman–Crippen MR) is 70.8 cm³/mol. The number of guanidine groups is 1. The standard InChI is InChI=1S/C11H14N4OS/c1-2-16-8-6-4-3-5-7(8)9-13-10(12)15-11(17)14-9/h3-6,9H,2H2,1H3,(H4,12,13,14,15,17)/t9-/m1/s1. The summed E-state index contributed by atoms with van der Waals surface area (Å²) < 4.78 is 5.55. The van der Waals surface area contributed by atoms with Crippen LogP contribution in [-0.2, 0) is 0 Å². The minimum atomic E-state index is -0.300. The summed E-state index contributed by atoms with van der Waals surface area (Å²) in [5.74, 6) is 1.10. The molecule has 0 amide bonds. The Morgan fingerprint density at radius 3 is 2.94 bits per heavy atom. The van der Waals surface area contributed by atoms with Crippen molar-refractivity contribution in [3.63, 3.8) is 0 Å². The number of nitrogens with two attached hydrogens (primary N) is 1. The average Bonchev–Trinajstić information content (AvgIpc) is 2.29. The number of nitrogens with one attached hydrogen (secondary N) is 2. The van der Waals surface area contributed by atoms with Crippen LogP contribution in [0.25, 0.3) is 0 Å². The molecule has 1 aromatic carbocycles. The summed E-state index contributed by atoms with van der Waals surface area (Å²) in [6.07, 6.45) is -0.300. The van der Waals surface area contributed by atoms with E-state index in [1.165, 1.54) is 0 Å². The number of para-hydroxylation sites is 1. The lowest BCUT2D eigenvalue weighted by atomic mass is 10.1. The number of thiocarbonyl (C=S) groups is 1. The molecule has 0 unspecified atom stereocenters. The van der Waals surface area contributed by atoms with Crippen molar-refractivity contribution in [2.45, 2.75) is 13.1 Å². The molecule has 0 aliphatic carbocycles. The molecular weight excluding hydrogens is 236 g/mol. The van der Waals surface area contributed by atoms with Gasteiger partial charge in [-0.1, -0.05) is 18.2 Å². The smallest absolute Gasteiger partial charge is 0.197 e. The van der Waals surface area contributed by atoms with Gasteiger partial charge in [-0.05, 0) is 25.2 Å². The second-order valence-corrected chi connectivity index (χ2v) is 3.89. The van der Waals surface area contributed by atoms with Crippen LogP contribution in [0.5, 0.6) is 5.75 Å². The zero-order valence-corrected chi connectivity index (χ0v) is 10.3. The van der Waals surface area contributed by atoms with Gasteiger partial charge < -0.3 is 21.1 Å². The van der Waals surface area contributed by atoms with Crippen molar-refractivity contribution in [3.05, 3.63) is 29.8 Å². The number of benzene rings is 1. The van der Waals surface area contributed by atoms with Gasteiger partial charge in [-0.3, -0.25) is 0 Å². The number of rotatable bonds is 3. The molecular formula is C11H14N4OS. The first-order valence-electron chi connectivity index (χ1n) is 5.33. The Morgan fingerprint density at radius 1 is 1.47 bits per heavy atom. The zero-order valence-electron chi connectivity index (χ0n) is 9.43. The first-order chi connectivity index (χ1) is 8.20. The third kappa shape index (κ3) is 2.65. The number of ether oxygens (including phenoxy) is 1. The van der Waals surface area contributed by atoms with Crippen LogP contribution in [-0.4, -0.2) is 17.7 Å². The van der Waals surface area contributed by atoms with E-state index in [-0.39, 0.29) is 6.17 Å². The van der Waals surface area contributed by atoms with Crippen LogP contribution in [0.4, 0.5) is 0 Å². The van der Waals surface area contributed by atoms with E-state index in [9.17, 15) is 0 Å². The van der Waals surface area contributed by atoms with Crippen molar-refractivity contribution in [1.82, 2.24) is 10.6 Å². The Labute approximate surface area is 105 Å². The maximum absolute atomic E-state index is 5.65. The van der Waals surface area contributed by atoms with Gasteiger partial charge in [-0.2, -0.15) is 0 Å². The van der Waals surface area contributed by atoms with Crippen molar-refractivity contribution >= 4 is 23.3 Å². The fraction of sp³-hybridized carbons (Fsp3) is 0.273. The molecule has 5 nitrogen and oxygen atoms in total. The molecule has 1 aliphatic rings. The van der Waals surface area contributed by atoms with E-state index in [1.54, 1.807) is 0 Å². The highest BCUT2D eigenvalue weighted by atomic mass is 32.1. The van der Waals surface area contributed by atoms with Gasteiger partial charge in [-0.25, -0.2) is 4.99 Å². The number of hydrogen-bond acceptors (Lipinski definition) is 4. The summed E-state index contributed by atoms with van der Waals surface area (Å²) in [4.78, 5) is 4.25. The monoisotopic (exact) mass is 250 g/mol. The minimum Gasteiger partial charge on any atom is -0.493 e. The fourth-order valence-electron chi connectivity index (χ4n) is 1.62. The van der Waals surface area contributed by atoms with E-state index in [2.05, 4.69) is 15.6 Å². The Morgan fingerprint density at radius 2 is 2.24 bits per heavy atom. The molecule has 0 radical (unpaired) electrons. The lowest BCUT2D eigenvalue weighted by molar-refractivity contribution is 0.333. The molecule has 1 aromatic rings. The molecule has 0 aromatic heterocycles. The van der Waals surface area contributed by atoms with Gasteiger partial charge in [0.1, 0.15) is 5.75 Å². The molecule has 1 heterocycles. The minimum absolute atomic E-state index is 0.300. The lowest BCUT2D eigenvalue weighted by Gasteiger charge is -2.24. The zero-order chi connectivity index (χ0) is 12.3. The Balaban J connectivity index is 2.33. The van der Waals surface area contributed by atoms with E-state index in [4.69, 9.17) is 22.7 Å².